The number of benzene rings is 1. The van der Waals surface area contributed by atoms with Crippen LogP contribution in [0, 0.1) is 11.6 Å². The summed E-state index contributed by atoms with van der Waals surface area (Å²) in [6, 6.07) is 4.00. The summed E-state index contributed by atoms with van der Waals surface area (Å²) in [5, 5.41) is 0. The Labute approximate surface area is 103 Å². The Kier molecular flexibility index (Phi) is 5.91. The molecule has 0 radical (unpaired) electrons. The van der Waals surface area contributed by atoms with Gasteiger partial charge in [-0.05, 0) is 37.5 Å². The molecule has 1 aromatic carbocycles. The Morgan fingerprint density at radius 2 is 2.06 bits per heavy atom. The highest BCUT2D eigenvalue weighted by molar-refractivity contribution is 9.09. The van der Waals surface area contributed by atoms with Crippen molar-refractivity contribution in [3.8, 4) is 0 Å². The highest BCUT2D eigenvalue weighted by atomic mass is 79.9. The zero-order valence-electron chi connectivity index (χ0n) is 9.18. The molecule has 1 unspecified atom stereocenters. The van der Waals surface area contributed by atoms with E-state index < -0.39 is 11.6 Å². The summed E-state index contributed by atoms with van der Waals surface area (Å²) >= 11 is 3.49. The molecule has 0 saturated carbocycles. The molecule has 1 nitrogen and oxygen atoms in total. The second-order valence-electron chi connectivity index (χ2n) is 3.54. The van der Waals surface area contributed by atoms with Gasteiger partial charge in [-0.15, -0.1) is 0 Å². The van der Waals surface area contributed by atoms with E-state index in [0.29, 0.717) is 19.6 Å². The van der Waals surface area contributed by atoms with Gasteiger partial charge < -0.3 is 4.74 Å². The van der Waals surface area contributed by atoms with Crippen LogP contribution in [0.25, 0.3) is 0 Å². The SMILES string of the molecule is CCOCCC(Br)Cc1ccc(F)c(F)c1. The Bertz CT molecular complexity index is 331. The summed E-state index contributed by atoms with van der Waals surface area (Å²) in [5.41, 5.74) is 0.789. The van der Waals surface area contributed by atoms with Gasteiger partial charge in [0.05, 0.1) is 0 Å². The average Bonchev–Trinajstić information content (AvgIpc) is 2.24. The lowest BCUT2D eigenvalue weighted by molar-refractivity contribution is 0.145. The molecule has 4 heteroatoms. The van der Waals surface area contributed by atoms with Crippen LogP contribution in [0.3, 0.4) is 0 Å². The molecule has 1 atom stereocenters. The van der Waals surface area contributed by atoms with Crippen molar-refractivity contribution in [2.45, 2.75) is 24.6 Å². The molecule has 0 aliphatic heterocycles. The van der Waals surface area contributed by atoms with Crippen LogP contribution >= 0.6 is 15.9 Å². The van der Waals surface area contributed by atoms with Crippen molar-refractivity contribution in [2.24, 2.45) is 0 Å². The molecule has 0 spiro atoms. The Morgan fingerprint density at radius 3 is 2.69 bits per heavy atom. The van der Waals surface area contributed by atoms with Crippen LogP contribution in [0.5, 0.6) is 0 Å². The maximum atomic E-state index is 12.9. The molecular formula is C12H15BrF2O. The monoisotopic (exact) mass is 292 g/mol. The van der Waals surface area contributed by atoms with E-state index in [9.17, 15) is 8.78 Å². The largest absolute Gasteiger partial charge is 0.382 e. The number of rotatable bonds is 6. The summed E-state index contributed by atoms with van der Waals surface area (Å²) in [7, 11) is 0. The van der Waals surface area contributed by atoms with Crippen molar-refractivity contribution >= 4 is 15.9 Å². The van der Waals surface area contributed by atoms with E-state index in [2.05, 4.69) is 15.9 Å². The summed E-state index contributed by atoms with van der Waals surface area (Å²) in [6.45, 7) is 3.32. The number of hydrogen-bond acceptors (Lipinski definition) is 1. The maximum Gasteiger partial charge on any atom is 0.159 e. The zero-order chi connectivity index (χ0) is 12.0. The first-order chi connectivity index (χ1) is 7.63. The van der Waals surface area contributed by atoms with Crippen molar-refractivity contribution in [2.75, 3.05) is 13.2 Å². The zero-order valence-corrected chi connectivity index (χ0v) is 10.8. The number of halogens is 3. The molecule has 0 bridgehead atoms. The quantitative estimate of drug-likeness (QED) is 0.574. The van der Waals surface area contributed by atoms with Crippen LogP contribution < -0.4 is 0 Å². The van der Waals surface area contributed by atoms with Crippen molar-refractivity contribution in [1.29, 1.82) is 0 Å². The molecule has 0 saturated heterocycles. The fourth-order valence-corrected chi connectivity index (χ4v) is 1.94. The van der Waals surface area contributed by atoms with E-state index in [1.165, 1.54) is 6.07 Å². The van der Waals surface area contributed by atoms with Crippen LogP contribution in [0.15, 0.2) is 18.2 Å². The van der Waals surface area contributed by atoms with Gasteiger partial charge in [0.1, 0.15) is 0 Å². The van der Waals surface area contributed by atoms with Crippen LogP contribution in [-0.4, -0.2) is 18.0 Å². The molecule has 16 heavy (non-hydrogen) atoms. The molecular weight excluding hydrogens is 278 g/mol. The van der Waals surface area contributed by atoms with Gasteiger partial charge in [0.25, 0.3) is 0 Å². The minimum absolute atomic E-state index is 0.226. The third-order valence-corrected chi connectivity index (χ3v) is 3.00. The smallest absolute Gasteiger partial charge is 0.159 e. The van der Waals surface area contributed by atoms with Crippen molar-refractivity contribution in [1.82, 2.24) is 0 Å². The predicted molar refractivity (Wildman–Crippen MR) is 63.9 cm³/mol. The van der Waals surface area contributed by atoms with Gasteiger partial charge in [0.15, 0.2) is 11.6 Å². The molecule has 1 aromatic rings. The first-order valence-electron chi connectivity index (χ1n) is 5.29. The minimum Gasteiger partial charge on any atom is -0.382 e. The number of hydrogen-bond donors (Lipinski definition) is 0. The minimum atomic E-state index is -0.802. The van der Waals surface area contributed by atoms with Gasteiger partial charge in [0.2, 0.25) is 0 Å². The van der Waals surface area contributed by atoms with Gasteiger partial charge in [0, 0.05) is 18.0 Å². The fourth-order valence-electron chi connectivity index (χ4n) is 1.38. The Balaban J connectivity index is 2.43. The summed E-state index contributed by atoms with van der Waals surface area (Å²) < 4.78 is 30.8. The van der Waals surface area contributed by atoms with Gasteiger partial charge in [-0.3, -0.25) is 0 Å². The molecule has 0 heterocycles. The standard InChI is InChI=1S/C12H15BrF2O/c1-2-16-6-5-10(13)7-9-3-4-11(14)12(15)8-9/h3-4,8,10H,2,5-7H2,1H3. The van der Waals surface area contributed by atoms with Crippen molar-refractivity contribution < 1.29 is 13.5 Å². The lowest BCUT2D eigenvalue weighted by Crippen LogP contribution is -2.07. The lowest BCUT2D eigenvalue weighted by atomic mass is 10.1. The molecule has 0 N–H and O–H groups in total. The van der Waals surface area contributed by atoms with Crippen LogP contribution in [0.4, 0.5) is 8.78 Å². The van der Waals surface area contributed by atoms with Crippen molar-refractivity contribution in [3.63, 3.8) is 0 Å². The maximum absolute atomic E-state index is 12.9. The van der Waals surface area contributed by atoms with E-state index in [1.54, 1.807) is 6.07 Å². The molecule has 0 aromatic heterocycles. The molecule has 0 aliphatic rings. The van der Waals surface area contributed by atoms with Crippen LogP contribution in [0.1, 0.15) is 18.9 Å². The first kappa shape index (κ1) is 13.6. The number of ether oxygens (including phenoxy) is 1. The van der Waals surface area contributed by atoms with E-state index in [-0.39, 0.29) is 4.83 Å². The van der Waals surface area contributed by atoms with E-state index in [4.69, 9.17) is 4.74 Å². The first-order valence-corrected chi connectivity index (χ1v) is 6.20. The Hall–Kier alpha value is -0.480. The fraction of sp³-hybridized carbons (Fsp3) is 0.500. The summed E-state index contributed by atoms with van der Waals surface area (Å²) in [4.78, 5) is 0.226. The van der Waals surface area contributed by atoms with Crippen LogP contribution in [0.2, 0.25) is 0 Å². The second kappa shape index (κ2) is 6.97. The lowest BCUT2D eigenvalue weighted by Gasteiger charge is -2.09. The average molecular weight is 293 g/mol. The molecule has 0 aliphatic carbocycles. The van der Waals surface area contributed by atoms with Gasteiger partial charge in [-0.25, -0.2) is 8.78 Å². The molecule has 90 valence electrons. The van der Waals surface area contributed by atoms with Gasteiger partial charge in [-0.1, -0.05) is 22.0 Å². The highest BCUT2D eigenvalue weighted by Gasteiger charge is 2.08. The van der Waals surface area contributed by atoms with Crippen molar-refractivity contribution in [3.05, 3.63) is 35.4 Å². The van der Waals surface area contributed by atoms with Crippen LogP contribution in [-0.2, 0) is 11.2 Å². The predicted octanol–water partition coefficient (Wildman–Crippen LogP) is 3.70. The third-order valence-electron chi connectivity index (χ3n) is 2.22. The van der Waals surface area contributed by atoms with Gasteiger partial charge in [-0.2, -0.15) is 0 Å². The normalized spacial score (nSPS) is 12.8. The summed E-state index contributed by atoms with van der Waals surface area (Å²) in [6.07, 6.45) is 1.52. The molecule has 1 rings (SSSR count). The summed E-state index contributed by atoms with van der Waals surface area (Å²) in [5.74, 6) is -1.59. The highest BCUT2D eigenvalue weighted by Crippen LogP contribution is 2.16. The second-order valence-corrected chi connectivity index (χ2v) is 4.83. The molecule has 0 amide bonds. The van der Waals surface area contributed by atoms with E-state index >= 15 is 0 Å². The Morgan fingerprint density at radius 1 is 1.31 bits per heavy atom. The number of alkyl halides is 1. The van der Waals surface area contributed by atoms with E-state index in [1.807, 2.05) is 6.92 Å². The van der Waals surface area contributed by atoms with E-state index in [0.717, 1.165) is 18.1 Å². The topological polar surface area (TPSA) is 9.23 Å². The molecule has 0 fully saturated rings. The van der Waals surface area contributed by atoms with Gasteiger partial charge >= 0.3 is 0 Å². The third kappa shape index (κ3) is 4.58.